The van der Waals surface area contributed by atoms with Gasteiger partial charge in [0.25, 0.3) is 0 Å². The molecule has 2 rings (SSSR count). The molecular formula is C15H18N2O. The first-order valence-electron chi connectivity index (χ1n) is 6.01. The van der Waals surface area contributed by atoms with E-state index in [2.05, 4.69) is 5.32 Å². The minimum Gasteiger partial charge on any atom is -0.399 e. The van der Waals surface area contributed by atoms with Crippen LogP contribution in [0.15, 0.2) is 48.5 Å². The smallest absolute Gasteiger partial charge is 0.0762 e. The van der Waals surface area contributed by atoms with Crippen molar-refractivity contribution < 1.29 is 5.11 Å². The molecule has 0 aliphatic carbocycles. The maximum atomic E-state index is 9.53. The zero-order chi connectivity index (χ0) is 13.0. The quantitative estimate of drug-likeness (QED) is 0.722. The van der Waals surface area contributed by atoms with Gasteiger partial charge in [-0.05, 0) is 42.3 Å². The van der Waals surface area contributed by atoms with Crippen LogP contribution in [-0.2, 0) is 6.54 Å². The molecule has 18 heavy (non-hydrogen) atoms. The summed E-state index contributed by atoms with van der Waals surface area (Å²) in [6.07, 6.45) is -0.445. The highest BCUT2D eigenvalue weighted by Crippen LogP contribution is 2.18. The molecule has 2 aromatic rings. The van der Waals surface area contributed by atoms with Crippen LogP contribution in [0, 0.1) is 0 Å². The number of aliphatic hydroxyl groups is 1. The van der Waals surface area contributed by atoms with E-state index >= 15 is 0 Å². The number of rotatable bonds is 4. The zero-order valence-electron chi connectivity index (χ0n) is 10.4. The second kappa shape index (κ2) is 5.56. The Hall–Kier alpha value is -2.00. The van der Waals surface area contributed by atoms with Crippen LogP contribution in [0.1, 0.15) is 24.2 Å². The van der Waals surface area contributed by atoms with Crippen molar-refractivity contribution >= 4 is 11.4 Å². The average Bonchev–Trinajstić information content (AvgIpc) is 2.37. The Morgan fingerprint density at radius 3 is 2.67 bits per heavy atom. The van der Waals surface area contributed by atoms with E-state index in [1.165, 1.54) is 0 Å². The van der Waals surface area contributed by atoms with E-state index in [1.54, 1.807) is 6.92 Å². The molecule has 2 aromatic carbocycles. The number of nitrogen functional groups attached to an aromatic ring is 1. The molecule has 1 atom stereocenters. The molecule has 3 nitrogen and oxygen atoms in total. The van der Waals surface area contributed by atoms with Crippen LogP contribution in [-0.4, -0.2) is 5.11 Å². The van der Waals surface area contributed by atoms with Gasteiger partial charge in [0.05, 0.1) is 6.10 Å². The SMILES string of the molecule is CC(O)c1cccc(NCc2cccc(N)c2)c1. The van der Waals surface area contributed by atoms with Crippen molar-refractivity contribution in [1.29, 1.82) is 0 Å². The Balaban J connectivity index is 2.04. The Morgan fingerprint density at radius 2 is 1.94 bits per heavy atom. The van der Waals surface area contributed by atoms with Crippen molar-refractivity contribution in [2.45, 2.75) is 19.6 Å². The van der Waals surface area contributed by atoms with Gasteiger partial charge in [-0.3, -0.25) is 0 Å². The lowest BCUT2D eigenvalue weighted by molar-refractivity contribution is 0.199. The van der Waals surface area contributed by atoms with Crippen LogP contribution in [0.25, 0.3) is 0 Å². The largest absolute Gasteiger partial charge is 0.399 e. The molecule has 0 aromatic heterocycles. The number of anilines is 2. The summed E-state index contributed by atoms with van der Waals surface area (Å²) in [4.78, 5) is 0. The molecule has 0 bridgehead atoms. The molecule has 0 amide bonds. The normalized spacial score (nSPS) is 12.1. The van der Waals surface area contributed by atoms with Gasteiger partial charge in [-0.1, -0.05) is 24.3 Å². The molecule has 0 saturated heterocycles. The molecule has 0 saturated carbocycles. The van der Waals surface area contributed by atoms with E-state index in [9.17, 15) is 5.11 Å². The molecule has 94 valence electrons. The highest BCUT2D eigenvalue weighted by atomic mass is 16.3. The molecule has 1 unspecified atom stereocenters. The number of hydrogen-bond donors (Lipinski definition) is 3. The second-order valence-electron chi connectivity index (χ2n) is 4.40. The summed E-state index contributed by atoms with van der Waals surface area (Å²) >= 11 is 0. The number of nitrogens with one attached hydrogen (secondary N) is 1. The summed E-state index contributed by atoms with van der Waals surface area (Å²) in [5.74, 6) is 0. The molecule has 3 heteroatoms. The molecule has 0 heterocycles. The highest BCUT2D eigenvalue weighted by Gasteiger charge is 2.01. The van der Waals surface area contributed by atoms with Gasteiger partial charge < -0.3 is 16.2 Å². The molecule has 0 spiro atoms. The fourth-order valence-electron chi connectivity index (χ4n) is 1.82. The summed E-state index contributed by atoms with van der Waals surface area (Å²) in [7, 11) is 0. The summed E-state index contributed by atoms with van der Waals surface area (Å²) in [6.45, 7) is 2.48. The van der Waals surface area contributed by atoms with Crippen LogP contribution >= 0.6 is 0 Å². The maximum absolute atomic E-state index is 9.53. The maximum Gasteiger partial charge on any atom is 0.0762 e. The lowest BCUT2D eigenvalue weighted by Crippen LogP contribution is -2.01. The van der Waals surface area contributed by atoms with Gasteiger partial charge >= 0.3 is 0 Å². The van der Waals surface area contributed by atoms with Crippen molar-refractivity contribution in [3.05, 3.63) is 59.7 Å². The van der Waals surface area contributed by atoms with Crippen molar-refractivity contribution in [1.82, 2.24) is 0 Å². The van der Waals surface area contributed by atoms with Crippen molar-refractivity contribution in [2.75, 3.05) is 11.1 Å². The molecule has 0 fully saturated rings. The van der Waals surface area contributed by atoms with Crippen LogP contribution < -0.4 is 11.1 Å². The number of hydrogen-bond acceptors (Lipinski definition) is 3. The summed E-state index contributed by atoms with van der Waals surface area (Å²) in [5.41, 5.74) is 9.54. The number of benzene rings is 2. The highest BCUT2D eigenvalue weighted by molar-refractivity contribution is 5.48. The first-order chi connectivity index (χ1) is 8.65. The first kappa shape index (κ1) is 12.5. The fourth-order valence-corrected chi connectivity index (χ4v) is 1.82. The third-order valence-electron chi connectivity index (χ3n) is 2.82. The van der Waals surface area contributed by atoms with Crippen molar-refractivity contribution in [2.24, 2.45) is 0 Å². The summed E-state index contributed by atoms with van der Waals surface area (Å²) in [5, 5.41) is 12.8. The van der Waals surface area contributed by atoms with Crippen molar-refractivity contribution in [3.63, 3.8) is 0 Å². The Bertz CT molecular complexity index is 523. The topological polar surface area (TPSA) is 58.3 Å². The van der Waals surface area contributed by atoms with Gasteiger partial charge in [-0.15, -0.1) is 0 Å². The number of aliphatic hydroxyl groups excluding tert-OH is 1. The molecule has 0 radical (unpaired) electrons. The van der Waals surface area contributed by atoms with Gasteiger partial charge in [0.15, 0.2) is 0 Å². The molecule has 0 aliphatic rings. The lowest BCUT2D eigenvalue weighted by Gasteiger charge is -2.10. The summed E-state index contributed by atoms with van der Waals surface area (Å²) < 4.78 is 0. The van der Waals surface area contributed by atoms with Crippen molar-refractivity contribution in [3.8, 4) is 0 Å². The average molecular weight is 242 g/mol. The third kappa shape index (κ3) is 3.25. The van der Waals surface area contributed by atoms with Gasteiger partial charge in [0.2, 0.25) is 0 Å². The minimum absolute atomic E-state index is 0.445. The molecular weight excluding hydrogens is 224 g/mol. The van der Waals surface area contributed by atoms with E-state index in [1.807, 2.05) is 48.5 Å². The van der Waals surface area contributed by atoms with Crippen LogP contribution in [0.5, 0.6) is 0 Å². The van der Waals surface area contributed by atoms with Gasteiger partial charge in [-0.2, -0.15) is 0 Å². The first-order valence-corrected chi connectivity index (χ1v) is 6.01. The predicted molar refractivity (Wildman–Crippen MR) is 75.3 cm³/mol. The minimum atomic E-state index is -0.445. The van der Waals surface area contributed by atoms with E-state index in [0.717, 1.165) is 22.5 Å². The second-order valence-corrected chi connectivity index (χ2v) is 4.40. The molecule has 4 N–H and O–H groups in total. The number of nitrogens with two attached hydrogens (primary N) is 1. The zero-order valence-corrected chi connectivity index (χ0v) is 10.4. The van der Waals surface area contributed by atoms with E-state index in [4.69, 9.17) is 5.73 Å². The Morgan fingerprint density at radius 1 is 1.17 bits per heavy atom. The van der Waals surface area contributed by atoms with Crippen LogP contribution in [0.4, 0.5) is 11.4 Å². The Labute approximate surface area is 107 Å². The fraction of sp³-hybridized carbons (Fsp3) is 0.200. The molecule has 0 aliphatic heterocycles. The standard InChI is InChI=1S/C15H18N2O/c1-11(18)13-5-3-7-15(9-13)17-10-12-4-2-6-14(16)8-12/h2-9,11,17-18H,10,16H2,1H3. The van der Waals surface area contributed by atoms with E-state index in [-0.39, 0.29) is 0 Å². The van der Waals surface area contributed by atoms with Crippen LogP contribution in [0.3, 0.4) is 0 Å². The Kier molecular flexibility index (Phi) is 3.85. The van der Waals surface area contributed by atoms with Gasteiger partial charge in [-0.25, -0.2) is 0 Å². The monoisotopic (exact) mass is 242 g/mol. The van der Waals surface area contributed by atoms with Gasteiger partial charge in [0, 0.05) is 17.9 Å². The van der Waals surface area contributed by atoms with Gasteiger partial charge in [0.1, 0.15) is 0 Å². The van der Waals surface area contributed by atoms with Crippen LogP contribution in [0.2, 0.25) is 0 Å². The predicted octanol–water partition coefficient (Wildman–Crippen LogP) is 2.93. The van der Waals surface area contributed by atoms with E-state index < -0.39 is 6.10 Å². The lowest BCUT2D eigenvalue weighted by atomic mass is 10.1. The summed E-state index contributed by atoms with van der Waals surface area (Å²) in [6, 6.07) is 15.6. The third-order valence-corrected chi connectivity index (χ3v) is 2.82. The van der Waals surface area contributed by atoms with E-state index in [0.29, 0.717) is 6.54 Å².